The predicted molar refractivity (Wildman–Crippen MR) is 77.7 cm³/mol. The molecule has 0 aliphatic carbocycles. The summed E-state index contributed by atoms with van der Waals surface area (Å²) in [4.78, 5) is 0. The lowest BCUT2D eigenvalue weighted by atomic mass is 10.00. The zero-order valence-electron chi connectivity index (χ0n) is 10.7. The van der Waals surface area contributed by atoms with Crippen LogP contribution in [0.1, 0.15) is 36.1 Å². The van der Waals surface area contributed by atoms with Crippen LogP contribution in [0, 0.1) is 6.92 Å². The van der Waals surface area contributed by atoms with Crippen molar-refractivity contribution in [2.75, 3.05) is 6.54 Å². The quantitative estimate of drug-likeness (QED) is 0.883. The number of hydrogen-bond acceptors (Lipinski definition) is 2. The molecule has 2 rings (SSSR count). The first-order valence-electron chi connectivity index (χ1n) is 6.24. The zero-order chi connectivity index (χ0) is 13.0. The minimum Gasteiger partial charge on any atom is -0.472 e. The SMILES string of the molecule is CCCNC(c1ccoc1)c1ccc(C)c(Br)c1. The van der Waals surface area contributed by atoms with Crippen LogP contribution in [0.5, 0.6) is 0 Å². The van der Waals surface area contributed by atoms with Gasteiger partial charge in [-0.15, -0.1) is 0 Å². The molecule has 0 aliphatic heterocycles. The number of halogens is 1. The van der Waals surface area contributed by atoms with Crippen LogP contribution in [-0.2, 0) is 0 Å². The van der Waals surface area contributed by atoms with Crippen LogP contribution >= 0.6 is 15.9 Å². The van der Waals surface area contributed by atoms with E-state index in [1.165, 1.54) is 16.7 Å². The molecule has 2 nitrogen and oxygen atoms in total. The van der Waals surface area contributed by atoms with Gasteiger partial charge in [-0.05, 0) is 43.1 Å². The summed E-state index contributed by atoms with van der Waals surface area (Å²) >= 11 is 3.59. The Hall–Kier alpha value is -1.06. The number of hydrogen-bond donors (Lipinski definition) is 1. The summed E-state index contributed by atoms with van der Waals surface area (Å²) < 4.78 is 6.34. The Morgan fingerprint density at radius 2 is 2.11 bits per heavy atom. The lowest BCUT2D eigenvalue weighted by Crippen LogP contribution is -2.22. The average molecular weight is 308 g/mol. The maximum atomic E-state index is 5.20. The first-order chi connectivity index (χ1) is 8.72. The zero-order valence-corrected chi connectivity index (χ0v) is 12.3. The fourth-order valence-electron chi connectivity index (χ4n) is 1.94. The largest absolute Gasteiger partial charge is 0.472 e. The summed E-state index contributed by atoms with van der Waals surface area (Å²) in [6.07, 6.45) is 4.64. The van der Waals surface area contributed by atoms with Gasteiger partial charge >= 0.3 is 0 Å². The second kappa shape index (κ2) is 6.21. The molecule has 0 saturated heterocycles. The van der Waals surface area contributed by atoms with Gasteiger partial charge in [0.25, 0.3) is 0 Å². The van der Waals surface area contributed by atoms with Gasteiger partial charge < -0.3 is 9.73 Å². The Morgan fingerprint density at radius 1 is 1.28 bits per heavy atom. The molecule has 0 radical (unpaired) electrons. The molecule has 1 aromatic carbocycles. The normalized spacial score (nSPS) is 12.6. The Labute approximate surface area is 117 Å². The third-order valence-corrected chi connectivity index (χ3v) is 3.86. The molecule has 1 N–H and O–H groups in total. The van der Waals surface area contributed by atoms with Gasteiger partial charge in [0.1, 0.15) is 0 Å². The summed E-state index contributed by atoms with van der Waals surface area (Å²) in [7, 11) is 0. The number of aryl methyl sites for hydroxylation is 1. The Balaban J connectivity index is 2.30. The van der Waals surface area contributed by atoms with Crippen molar-refractivity contribution in [3.05, 3.63) is 58.0 Å². The van der Waals surface area contributed by atoms with Crippen LogP contribution in [0.15, 0.2) is 45.7 Å². The van der Waals surface area contributed by atoms with Crippen molar-refractivity contribution in [1.82, 2.24) is 5.32 Å². The summed E-state index contributed by atoms with van der Waals surface area (Å²) in [5.41, 5.74) is 3.67. The van der Waals surface area contributed by atoms with Gasteiger partial charge in [-0.2, -0.15) is 0 Å². The Morgan fingerprint density at radius 3 is 2.72 bits per heavy atom. The first-order valence-corrected chi connectivity index (χ1v) is 7.03. The molecule has 0 bridgehead atoms. The van der Waals surface area contributed by atoms with Gasteiger partial charge in [-0.25, -0.2) is 0 Å². The molecule has 1 aromatic heterocycles. The lowest BCUT2D eigenvalue weighted by Gasteiger charge is -2.18. The highest BCUT2D eigenvalue weighted by Gasteiger charge is 2.15. The van der Waals surface area contributed by atoms with Crippen LogP contribution in [0.3, 0.4) is 0 Å². The third-order valence-electron chi connectivity index (χ3n) is 3.00. The van der Waals surface area contributed by atoms with Crippen molar-refractivity contribution >= 4 is 15.9 Å². The summed E-state index contributed by atoms with van der Waals surface area (Å²) in [6.45, 7) is 5.26. The van der Waals surface area contributed by atoms with Crippen molar-refractivity contribution < 1.29 is 4.42 Å². The molecular weight excluding hydrogens is 290 g/mol. The van der Waals surface area contributed by atoms with E-state index in [4.69, 9.17) is 4.42 Å². The standard InChI is InChI=1S/C15H18BrNO/c1-3-7-17-15(13-6-8-18-10-13)12-5-4-11(2)14(16)9-12/h4-6,8-10,15,17H,3,7H2,1-2H3. The van der Waals surface area contributed by atoms with E-state index in [0.717, 1.165) is 17.4 Å². The van der Waals surface area contributed by atoms with Crippen molar-refractivity contribution in [3.63, 3.8) is 0 Å². The molecule has 0 spiro atoms. The van der Waals surface area contributed by atoms with Crippen LogP contribution in [0.2, 0.25) is 0 Å². The molecule has 0 fully saturated rings. The third kappa shape index (κ3) is 3.03. The smallest absolute Gasteiger partial charge is 0.0953 e. The number of furan rings is 1. The average Bonchev–Trinajstić information content (AvgIpc) is 2.88. The second-order valence-corrected chi connectivity index (χ2v) is 5.31. The minimum atomic E-state index is 0.195. The van der Waals surface area contributed by atoms with E-state index in [9.17, 15) is 0 Å². The highest BCUT2D eigenvalue weighted by atomic mass is 79.9. The monoisotopic (exact) mass is 307 g/mol. The molecule has 2 aromatic rings. The van der Waals surface area contributed by atoms with Gasteiger partial charge in [0, 0.05) is 10.0 Å². The molecule has 96 valence electrons. The van der Waals surface area contributed by atoms with E-state index in [1.54, 1.807) is 12.5 Å². The molecule has 1 unspecified atom stereocenters. The van der Waals surface area contributed by atoms with E-state index in [-0.39, 0.29) is 6.04 Å². The molecule has 1 heterocycles. The van der Waals surface area contributed by atoms with E-state index in [0.29, 0.717) is 0 Å². The van der Waals surface area contributed by atoms with Gasteiger partial charge in [0.15, 0.2) is 0 Å². The van der Waals surface area contributed by atoms with E-state index >= 15 is 0 Å². The predicted octanol–water partition coefficient (Wildman–Crippen LogP) is 4.44. The number of nitrogens with one attached hydrogen (secondary N) is 1. The summed E-state index contributed by atoms with van der Waals surface area (Å²) in [5, 5.41) is 3.55. The highest BCUT2D eigenvalue weighted by molar-refractivity contribution is 9.10. The maximum absolute atomic E-state index is 5.20. The van der Waals surface area contributed by atoms with Gasteiger partial charge in [-0.1, -0.05) is 35.0 Å². The topological polar surface area (TPSA) is 25.2 Å². The van der Waals surface area contributed by atoms with Gasteiger partial charge in [-0.3, -0.25) is 0 Å². The van der Waals surface area contributed by atoms with Crippen LogP contribution in [0.25, 0.3) is 0 Å². The van der Waals surface area contributed by atoms with E-state index in [2.05, 4.69) is 53.3 Å². The molecule has 18 heavy (non-hydrogen) atoms. The fourth-order valence-corrected chi connectivity index (χ4v) is 2.34. The van der Waals surface area contributed by atoms with Crippen LogP contribution < -0.4 is 5.32 Å². The van der Waals surface area contributed by atoms with Crippen molar-refractivity contribution in [2.24, 2.45) is 0 Å². The van der Waals surface area contributed by atoms with Crippen molar-refractivity contribution in [2.45, 2.75) is 26.3 Å². The molecule has 3 heteroatoms. The van der Waals surface area contributed by atoms with Gasteiger partial charge in [0.05, 0.1) is 18.6 Å². The summed E-state index contributed by atoms with van der Waals surface area (Å²) in [6, 6.07) is 8.69. The van der Waals surface area contributed by atoms with Crippen molar-refractivity contribution in [1.29, 1.82) is 0 Å². The minimum absolute atomic E-state index is 0.195. The molecule has 0 aliphatic rings. The Bertz CT molecular complexity index is 493. The number of benzene rings is 1. The van der Waals surface area contributed by atoms with Gasteiger partial charge in [0.2, 0.25) is 0 Å². The molecule has 1 atom stereocenters. The van der Waals surface area contributed by atoms with Crippen LogP contribution in [-0.4, -0.2) is 6.54 Å². The molecule has 0 amide bonds. The molecule has 0 saturated carbocycles. The van der Waals surface area contributed by atoms with E-state index in [1.807, 2.05) is 6.07 Å². The van der Waals surface area contributed by atoms with Crippen LogP contribution in [0.4, 0.5) is 0 Å². The molecular formula is C15H18BrNO. The Kier molecular flexibility index (Phi) is 4.61. The number of rotatable bonds is 5. The second-order valence-electron chi connectivity index (χ2n) is 4.45. The summed E-state index contributed by atoms with van der Waals surface area (Å²) in [5.74, 6) is 0. The lowest BCUT2D eigenvalue weighted by molar-refractivity contribution is 0.548. The fraction of sp³-hybridized carbons (Fsp3) is 0.333. The van der Waals surface area contributed by atoms with E-state index < -0.39 is 0 Å². The maximum Gasteiger partial charge on any atom is 0.0953 e. The highest BCUT2D eigenvalue weighted by Crippen LogP contribution is 2.26. The first kappa shape index (κ1) is 13.4. The van der Waals surface area contributed by atoms with Crippen molar-refractivity contribution in [3.8, 4) is 0 Å².